The Hall–Kier alpha value is -1.50. The molecule has 23 heavy (non-hydrogen) atoms. The molecule has 118 valence electrons. The second kappa shape index (κ2) is 5.54. The van der Waals surface area contributed by atoms with E-state index in [1.54, 1.807) is 21.8 Å². The SMILES string of the molecule is c1cc(-c2noc(CN3CCc4sccc4[C@@H]3C3CC3)n2)cs1. The van der Waals surface area contributed by atoms with Gasteiger partial charge in [-0.1, -0.05) is 5.16 Å². The molecular weight excluding hydrogens is 326 g/mol. The quantitative estimate of drug-likeness (QED) is 0.705. The van der Waals surface area contributed by atoms with E-state index in [4.69, 9.17) is 4.52 Å². The monoisotopic (exact) mass is 343 g/mol. The number of fused-ring (bicyclic) bond motifs is 1. The topological polar surface area (TPSA) is 42.2 Å². The summed E-state index contributed by atoms with van der Waals surface area (Å²) in [5, 5.41) is 10.5. The molecule has 1 aliphatic carbocycles. The van der Waals surface area contributed by atoms with Crippen molar-refractivity contribution < 1.29 is 4.52 Å². The Balaban J connectivity index is 1.40. The van der Waals surface area contributed by atoms with Gasteiger partial charge in [0, 0.05) is 28.4 Å². The van der Waals surface area contributed by atoms with E-state index in [0.717, 1.165) is 36.9 Å². The second-order valence-corrected chi connectivity index (χ2v) is 8.11. The average molecular weight is 343 g/mol. The van der Waals surface area contributed by atoms with Crippen molar-refractivity contribution in [1.82, 2.24) is 15.0 Å². The maximum absolute atomic E-state index is 5.51. The lowest BCUT2D eigenvalue weighted by Gasteiger charge is -2.35. The Labute approximate surface area is 142 Å². The normalized spacial score (nSPS) is 21.5. The van der Waals surface area contributed by atoms with E-state index in [1.807, 2.05) is 22.8 Å². The first kappa shape index (κ1) is 13.9. The fourth-order valence-electron chi connectivity index (χ4n) is 3.54. The first-order valence-electron chi connectivity index (χ1n) is 8.04. The Kier molecular flexibility index (Phi) is 3.35. The van der Waals surface area contributed by atoms with E-state index in [-0.39, 0.29) is 0 Å². The van der Waals surface area contributed by atoms with E-state index in [1.165, 1.54) is 12.8 Å². The molecule has 0 N–H and O–H groups in total. The predicted molar refractivity (Wildman–Crippen MR) is 91.5 cm³/mol. The maximum atomic E-state index is 5.51. The van der Waals surface area contributed by atoms with Crippen LogP contribution in [-0.4, -0.2) is 21.6 Å². The molecule has 2 aliphatic rings. The third kappa shape index (κ3) is 2.55. The van der Waals surface area contributed by atoms with Crippen LogP contribution >= 0.6 is 22.7 Å². The molecule has 5 rings (SSSR count). The van der Waals surface area contributed by atoms with Gasteiger partial charge in [-0.15, -0.1) is 11.3 Å². The van der Waals surface area contributed by atoms with Crippen molar-refractivity contribution in [3.63, 3.8) is 0 Å². The Morgan fingerprint density at radius 3 is 3.04 bits per heavy atom. The van der Waals surface area contributed by atoms with Crippen molar-refractivity contribution in [2.75, 3.05) is 6.54 Å². The lowest BCUT2D eigenvalue weighted by molar-refractivity contribution is 0.139. The zero-order valence-corrected chi connectivity index (χ0v) is 14.3. The fraction of sp³-hybridized carbons (Fsp3) is 0.412. The van der Waals surface area contributed by atoms with Gasteiger partial charge in [-0.05, 0) is 53.6 Å². The highest BCUT2D eigenvalue weighted by Gasteiger charge is 2.40. The zero-order valence-electron chi connectivity index (χ0n) is 12.6. The van der Waals surface area contributed by atoms with Gasteiger partial charge >= 0.3 is 0 Å². The molecule has 0 spiro atoms. The van der Waals surface area contributed by atoms with Gasteiger partial charge in [0.1, 0.15) is 0 Å². The molecular formula is C17H17N3OS2. The van der Waals surface area contributed by atoms with Crippen LogP contribution in [0.1, 0.15) is 35.2 Å². The number of nitrogens with zero attached hydrogens (tertiary/aromatic N) is 3. The summed E-state index contributed by atoms with van der Waals surface area (Å²) in [6.07, 6.45) is 3.84. The van der Waals surface area contributed by atoms with Crippen LogP contribution in [0.3, 0.4) is 0 Å². The fourth-order valence-corrected chi connectivity index (χ4v) is 5.09. The van der Waals surface area contributed by atoms with Gasteiger partial charge in [-0.3, -0.25) is 4.90 Å². The van der Waals surface area contributed by atoms with Gasteiger partial charge in [-0.25, -0.2) is 0 Å². The highest BCUT2D eigenvalue weighted by atomic mass is 32.1. The molecule has 4 heterocycles. The summed E-state index contributed by atoms with van der Waals surface area (Å²) in [6.45, 7) is 1.85. The molecule has 3 aromatic rings. The molecule has 0 radical (unpaired) electrons. The summed E-state index contributed by atoms with van der Waals surface area (Å²) in [5.41, 5.74) is 2.59. The van der Waals surface area contributed by atoms with Crippen molar-refractivity contribution in [1.29, 1.82) is 0 Å². The number of hydrogen-bond donors (Lipinski definition) is 0. The zero-order chi connectivity index (χ0) is 15.2. The highest BCUT2D eigenvalue weighted by molar-refractivity contribution is 7.10. The van der Waals surface area contributed by atoms with Gasteiger partial charge < -0.3 is 4.52 Å². The summed E-state index contributed by atoms with van der Waals surface area (Å²) in [4.78, 5) is 8.71. The number of aromatic nitrogens is 2. The molecule has 0 saturated heterocycles. The summed E-state index contributed by atoms with van der Waals surface area (Å²) in [6, 6.07) is 4.89. The maximum Gasteiger partial charge on any atom is 0.241 e. The largest absolute Gasteiger partial charge is 0.338 e. The minimum absolute atomic E-state index is 0.543. The van der Waals surface area contributed by atoms with Crippen LogP contribution in [0.15, 0.2) is 32.8 Å². The van der Waals surface area contributed by atoms with E-state index in [2.05, 4.69) is 31.9 Å². The van der Waals surface area contributed by atoms with Crippen LogP contribution in [0.5, 0.6) is 0 Å². The van der Waals surface area contributed by atoms with Crippen molar-refractivity contribution in [3.05, 3.63) is 44.6 Å². The van der Waals surface area contributed by atoms with E-state index < -0.39 is 0 Å². The van der Waals surface area contributed by atoms with Crippen LogP contribution in [-0.2, 0) is 13.0 Å². The van der Waals surface area contributed by atoms with Crippen molar-refractivity contribution in [3.8, 4) is 11.4 Å². The van der Waals surface area contributed by atoms with E-state index in [0.29, 0.717) is 11.9 Å². The lowest BCUT2D eigenvalue weighted by Crippen LogP contribution is -2.35. The molecule has 1 atom stereocenters. The van der Waals surface area contributed by atoms with Crippen LogP contribution in [0.25, 0.3) is 11.4 Å². The minimum atomic E-state index is 0.543. The van der Waals surface area contributed by atoms with E-state index >= 15 is 0 Å². The molecule has 4 nitrogen and oxygen atoms in total. The van der Waals surface area contributed by atoms with Gasteiger partial charge in [0.15, 0.2) is 0 Å². The van der Waals surface area contributed by atoms with Crippen molar-refractivity contribution >= 4 is 22.7 Å². The van der Waals surface area contributed by atoms with Crippen LogP contribution in [0, 0.1) is 5.92 Å². The van der Waals surface area contributed by atoms with Gasteiger partial charge in [0.2, 0.25) is 11.7 Å². The van der Waals surface area contributed by atoms with Crippen molar-refractivity contribution in [2.24, 2.45) is 5.92 Å². The summed E-state index contributed by atoms with van der Waals surface area (Å²) >= 11 is 3.56. The summed E-state index contributed by atoms with van der Waals surface area (Å²) < 4.78 is 5.51. The Bertz CT molecular complexity index is 804. The average Bonchev–Trinajstić information content (AvgIpc) is 3.01. The number of thiophene rings is 2. The third-order valence-corrected chi connectivity index (χ3v) is 6.45. The van der Waals surface area contributed by atoms with Gasteiger partial charge in [0.25, 0.3) is 0 Å². The molecule has 6 heteroatoms. The standard InChI is InChI=1S/C17H17N3OS2/c1-2-11(1)16-13-5-8-23-14(13)3-6-20(16)9-15-18-17(19-21-15)12-4-7-22-10-12/h4-5,7-8,10-11,16H,1-3,6,9H2/t16-/m0/s1. The minimum Gasteiger partial charge on any atom is -0.338 e. The highest BCUT2D eigenvalue weighted by Crippen LogP contribution is 2.48. The summed E-state index contributed by atoms with van der Waals surface area (Å²) in [5.74, 6) is 2.25. The van der Waals surface area contributed by atoms with E-state index in [9.17, 15) is 0 Å². The Morgan fingerprint density at radius 1 is 1.26 bits per heavy atom. The first-order chi connectivity index (χ1) is 11.4. The number of rotatable bonds is 4. The van der Waals surface area contributed by atoms with Crippen LogP contribution < -0.4 is 0 Å². The summed E-state index contributed by atoms with van der Waals surface area (Å²) in [7, 11) is 0. The molecule has 0 unspecified atom stereocenters. The molecule has 1 saturated carbocycles. The second-order valence-electron chi connectivity index (χ2n) is 6.33. The molecule has 3 aromatic heterocycles. The van der Waals surface area contributed by atoms with Crippen molar-refractivity contribution in [2.45, 2.75) is 31.8 Å². The third-order valence-electron chi connectivity index (χ3n) is 4.77. The lowest BCUT2D eigenvalue weighted by atomic mass is 9.96. The van der Waals surface area contributed by atoms with Crippen LogP contribution in [0.4, 0.5) is 0 Å². The van der Waals surface area contributed by atoms with Gasteiger partial charge in [-0.2, -0.15) is 16.3 Å². The molecule has 1 aliphatic heterocycles. The predicted octanol–water partition coefficient (Wildman–Crippen LogP) is 4.37. The van der Waals surface area contributed by atoms with Crippen LogP contribution in [0.2, 0.25) is 0 Å². The first-order valence-corrected chi connectivity index (χ1v) is 9.86. The molecule has 1 fully saturated rings. The molecule has 0 bridgehead atoms. The number of hydrogen-bond acceptors (Lipinski definition) is 6. The Morgan fingerprint density at radius 2 is 2.22 bits per heavy atom. The molecule has 0 aromatic carbocycles. The molecule has 0 amide bonds. The van der Waals surface area contributed by atoms with Gasteiger partial charge in [0.05, 0.1) is 6.54 Å². The smallest absolute Gasteiger partial charge is 0.241 e.